The van der Waals surface area contributed by atoms with Crippen LogP contribution in [0.4, 0.5) is 10.1 Å². The molecule has 0 saturated heterocycles. The summed E-state index contributed by atoms with van der Waals surface area (Å²) in [6, 6.07) is 11.3. The summed E-state index contributed by atoms with van der Waals surface area (Å²) in [7, 11) is 1.57. The van der Waals surface area contributed by atoms with E-state index < -0.39 is 17.3 Å². The molecule has 2 N–H and O–H groups in total. The Morgan fingerprint density at radius 3 is 2.78 bits per heavy atom. The Morgan fingerprint density at radius 2 is 2.04 bits per heavy atom. The lowest BCUT2D eigenvalue weighted by Gasteiger charge is -2.14. The van der Waals surface area contributed by atoms with E-state index in [0.717, 1.165) is 5.56 Å². The molecule has 0 unspecified atom stereocenters. The number of fused-ring (bicyclic) bond motifs is 1. The highest BCUT2D eigenvalue weighted by atomic mass is 19.1. The Kier molecular flexibility index (Phi) is 5.40. The zero-order valence-electron chi connectivity index (χ0n) is 15.0. The minimum atomic E-state index is -0.766. The number of carbonyl (C=O) groups excluding carboxylic acids is 1. The van der Waals surface area contributed by atoms with Crippen LogP contribution in [-0.4, -0.2) is 24.7 Å². The van der Waals surface area contributed by atoms with Gasteiger partial charge in [0, 0.05) is 11.9 Å². The minimum Gasteiger partial charge on any atom is -0.497 e. The van der Waals surface area contributed by atoms with Crippen LogP contribution in [0, 0.1) is 5.82 Å². The number of ether oxygens (including phenoxy) is 2. The monoisotopic (exact) mass is 370 g/mol. The third-order valence-corrected chi connectivity index (χ3v) is 4.06. The molecule has 2 aromatic carbocycles. The van der Waals surface area contributed by atoms with Crippen LogP contribution < -0.4 is 15.6 Å². The van der Waals surface area contributed by atoms with Crippen molar-refractivity contribution in [2.24, 2.45) is 0 Å². The standard InChI is InChI=1S/C20H19FN2O4/c1-3-27-20(25)17-18(22-11-12-5-4-6-14(9-12)26-2)15-10-13(21)7-8-16(15)23-19(17)24/h4-10H,3,11H2,1-2H3,(H2,22,23,24). The number of aromatic amines is 1. The van der Waals surface area contributed by atoms with E-state index in [0.29, 0.717) is 23.2 Å². The van der Waals surface area contributed by atoms with Gasteiger partial charge in [0.25, 0.3) is 5.56 Å². The topological polar surface area (TPSA) is 80.4 Å². The van der Waals surface area contributed by atoms with Gasteiger partial charge >= 0.3 is 5.97 Å². The third kappa shape index (κ3) is 3.92. The van der Waals surface area contributed by atoms with Crippen LogP contribution in [0.5, 0.6) is 5.75 Å². The van der Waals surface area contributed by atoms with Crippen molar-refractivity contribution in [1.29, 1.82) is 0 Å². The molecule has 0 aliphatic carbocycles. The largest absolute Gasteiger partial charge is 0.497 e. The second kappa shape index (κ2) is 7.90. The number of benzene rings is 2. The number of anilines is 1. The molecule has 0 aliphatic heterocycles. The SMILES string of the molecule is CCOC(=O)c1c(NCc2cccc(OC)c2)c2cc(F)ccc2[nH]c1=O. The Balaban J connectivity index is 2.09. The predicted octanol–water partition coefficient (Wildman–Crippen LogP) is 3.46. The Morgan fingerprint density at radius 1 is 1.22 bits per heavy atom. The van der Waals surface area contributed by atoms with E-state index in [1.54, 1.807) is 14.0 Å². The van der Waals surface area contributed by atoms with Gasteiger partial charge in [-0.3, -0.25) is 4.79 Å². The number of methoxy groups -OCH3 is 1. The molecule has 3 aromatic rings. The molecule has 0 amide bonds. The maximum atomic E-state index is 13.8. The fraction of sp³-hybridized carbons (Fsp3) is 0.200. The number of halogens is 1. The van der Waals surface area contributed by atoms with E-state index in [-0.39, 0.29) is 17.9 Å². The van der Waals surface area contributed by atoms with Crippen molar-refractivity contribution in [3.8, 4) is 5.75 Å². The normalized spacial score (nSPS) is 10.6. The molecule has 0 spiro atoms. The van der Waals surface area contributed by atoms with Crippen LogP contribution in [0.15, 0.2) is 47.3 Å². The summed E-state index contributed by atoms with van der Waals surface area (Å²) >= 11 is 0. The molecule has 6 nitrogen and oxygen atoms in total. The second-order valence-electron chi connectivity index (χ2n) is 5.82. The van der Waals surface area contributed by atoms with Gasteiger partial charge in [0.2, 0.25) is 0 Å². The number of hydrogen-bond acceptors (Lipinski definition) is 5. The Hall–Kier alpha value is -3.35. The number of aromatic nitrogens is 1. The van der Waals surface area contributed by atoms with Crippen LogP contribution in [-0.2, 0) is 11.3 Å². The second-order valence-corrected chi connectivity index (χ2v) is 5.82. The van der Waals surface area contributed by atoms with Gasteiger partial charge in [0.05, 0.1) is 24.9 Å². The van der Waals surface area contributed by atoms with Crippen LogP contribution in [0.3, 0.4) is 0 Å². The summed E-state index contributed by atoms with van der Waals surface area (Å²) in [6.07, 6.45) is 0. The third-order valence-electron chi connectivity index (χ3n) is 4.06. The summed E-state index contributed by atoms with van der Waals surface area (Å²) in [5.74, 6) is -0.562. The molecular weight excluding hydrogens is 351 g/mol. The Bertz CT molecular complexity index is 1050. The van der Waals surface area contributed by atoms with Gasteiger partial charge in [0.1, 0.15) is 17.1 Å². The first-order chi connectivity index (χ1) is 13.0. The lowest BCUT2D eigenvalue weighted by molar-refractivity contribution is 0.0525. The van der Waals surface area contributed by atoms with E-state index in [9.17, 15) is 14.0 Å². The van der Waals surface area contributed by atoms with Gasteiger partial charge < -0.3 is 19.8 Å². The maximum absolute atomic E-state index is 13.8. The zero-order chi connectivity index (χ0) is 19.4. The lowest BCUT2D eigenvalue weighted by atomic mass is 10.1. The first kappa shape index (κ1) is 18.4. The molecule has 0 atom stereocenters. The molecule has 0 bridgehead atoms. The number of carbonyl (C=O) groups is 1. The number of esters is 1. The molecule has 3 rings (SSSR count). The van der Waals surface area contributed by atoms with Crippen molar-refractivity contribution in [3.05, 3.63) is 69.8 Å². The highest BCUT2D eigenvalue weighted by Crippen LogP contribution is 2.26. The molecule has 1 aromatic heterocycles. The molecule has 27 heavy (non-hydrogen) atoms. The van der Waals surface area contributed by atoms with Crippen molar-refractivity contribution in [1.82, 2.24) is 4.98 Å². The molecule has 7 heteroatoms. The summed E-state index contributed by atoms with van der Waals surface area (Å²) < 4.78 is 24.0. The van der Waals surface area contributed by atoms with E-state index >= 15 is 0 Å². The molecule has 0 saturated carbocycles. The smallest absolute Gasteiger partial charge is 0.345 e. The van der Waals surface area contributed by atoms with Gasteiger partial charge in [0.15, 0.2) is 0 Å². The molecule has 1 heterocycles. The van der Waals surface area contributed by atoms with Crippen LogP contribution in [0.2, 0.25) is 0 Å². The summed E-state index contributed by atoms with van der Waals surface area (Å²) in [5, 5.41) is 3.48. The van der Waals surface area contributed by atoms with Crippen molar-refractivity contribution < 1.29 is 18.7 Å². The van der Waals surface area contributed by atoms with E-state index in [2.05, 4.69) is 10.3 Å². The first-order valence-corrected chi connectivity index (χ1v) is 8.43. The summed E-state index contributed by atoms with van der Waals surface area (Å²) in [4.78, 5) is 27.4. The molecule has 0 aliphatic rings. The molecule has 0 radical (unpaired) electrons. The quantitative estimate of drug-likeness (QED) is 0.650. The highest BCUT2D eigenvalue weighted by molar-refractivity contribution is 6.04. The van der Waals surface area contributed by atoms with E-state index in [1.807, 2.05) is 24.3 Å². The number of hydrogen-bond donors (Lipinski definition) is 2. The fourth-order valence-electron chi connectivity index (χ4n) is 2.82. The summed E-state index contributed by atoms with van der Waals surface area (Å²) in [5.41, 5.74) is 0.740. The number of rotatable bonds is 6. The predicted molar refractivity (Wildman–Crippen MR) is 101 cm³/mol. The number of H-pyrrole nitrogens is 1. The van der Waals surface area contributed by atoms with E-state index in [1.165, 1.54) is 18.2 Å². The molecular formula is C20H19FN2O4. The zero-order valence-corrected chi connectivity index (χ0v) is 15.0. The van der Waals surface area contributed by atoms with Crippen molar-refractivity contribution in [2.45, 2.75) is 13.5 Å². The summed E-state index contributed by atoms with van der Waals surface area (Å²) in [6.45, 7) is 2.07. The average molecular weight is 370 g/mol. The lowest BCUT2D eigenvalue weighted by Crippen LogP contribution is -2.23. The number of nitrogens with one attached hydrogen (secondary N) is 2. The van der Waals surface area contributed by atoms with Gasteiger partial charge in [-0.25, -0.2) is 9.18 Å². The Labute approximate surface area is 154 Å². The van der Waals surface area contributed by atoms with Crippen molar-refractivity contribution in [2.75, 3.05) is 19.0 Å². The number of pyridine rings is 1. The van der Waals surface area contributed by atoms with Crippen molar-refractivity contribution in [3.63, 3.8) is 0 Å². The van der Waals surface area contributed by atoms with Crippen LogP contribution in [0.25, 0.3) is 10.9 Å². The highest BCUT2D eigenvalue weighted by Gasteiger charge is 2.21. The van der Waals surface area contributed by atoms with Crippen LogP contribution >= 0.6 is 0 Å². The minimum absolute atomic E-state index is 0.120. The van der Waals surface area contributed by atoms with Gasteiger partial charge in [-0.15, -0.1) is 0 Å². The first-order valence-electron chi connectivity index (χ1n) is 8.43. The van der Waals surface area contributed by atoms with E-state index in [4.69, 9.17) is 9.47 Å². The van der Waals surface area contributed by atoms with Gasteiger partial charge in [-0.2, -0.15) is 0 Å². The van der Waals surface area contributed by atoms with Gasteiger partial charge in [-0.05, 0) is 42.8 Å². The fourth-order valence-corrected chi connectivity index (χ4v) is 2.82. The maximum Gasteiger partial charge on any atom is 0.345 e. The average Bonchev–Trinajstić information content (AvgIpc) is 2.66. The van der Waals surface area contributed by atoms with Crippen LogP contribution in [0.1, 0.15) is 22.8 Å². The molecule has 140 valence electrons. The molecule has 0 fully saturated rings. The van der Waals surface area contributed by atoms with Gasteiger partial charge in [-0.1, -0.05) is 12.1 Å². The van der Waals surface area contributed by atoms with Crippen molar-refractivity contribution >= 4 is 22.6 Å².